The summed E-state index contributed by atoms with van der Waals surface area (Å²) < 4.78 is 33.9. The maximum absolute atomic E-state index is 13.0. The van der Waals surface area contributed by atoms with Crippen molar-refractivity contribution in [3.05, 3.63) is 23.8 Å². The molecular formula is C20H25N3O7S. The fourth-order valence-electron chi connectivity index (χ4n) is 4.16. The molecule has 4 amide bonds. The molecule has 0 radical (unpaired) electrons. The van der Waals surface area contributed by atoms with Gasteiger partial charge < -0.3 is 19.7 Å². The minimum absolute atomic E-state index is 0.0162. The highest BCUT2D eigenvalue weighted by Crippen LogP contribution is 2.38. The summed E-state index contributed by atoms with van der Waals surface area (Å²) in [5, 5.41) is 2.47. The van der Waals surface area contributed by atoms with E-state index in [0.717, 1.165) is 29.6 Å². The molecule has 0 aliphatic carbocycles. The Morgan fingerprint density at radius 1 is 1.19 bits per heavy atom. The van der Waals surface area contributed by atoms with Crippen molar-refractivity contribution in [3.63, 3.8) is 0 Å². The molecule has 2 unspecified atom stereocenters. The van der Waals surface area contributed by atoms with E-state index in [1.807, 2.05) is 18.2 Å². The van der Waals surface area contributed by atoms with Gasteiger partial charge in [-0.15, -0.1) is 0 Å². The number of nitrogens with one attached hydrogen (secondary N) is 1. The molecule has 0 bridgehead atoms. The Morgan fingerprint density at radius 2 is 1.94 bits per heavy atom. The average Bonchev–Trinajstić information content (AvgIpc) is 3.32. The van der Waals surface area contributed by atoms with Crippen LogP contribution >= 0.6 is 0 Å². The van der Waals surface area contributed by atoms with Gasteiger partial charge in [-0.1, -0.05) is 6.07 Å². The predicted octanol–water partition coefficient (Wildman–Crippen LogP) is 0.476. The maximum atomic E-state index is 13.0. The summed E-state index contributed by atoms with van der Waals surface area (Å²) in [7, 11) is -3.27. The SMILES string of the molecule is CS(=O)(=O)CCC1NC(=O)N(CC(=O)N2CCCC2c2ccc3c(c2)OCCO3)C1=O. The van der Waals surface area contributed by atoms with E-state index >= 15 is 0 Å². The summed E-state index contributed by atoms with van der Waals surface area (Å²) >= 11 is 0. The minimum atomic E-state index is -3.27. The second kappa shape index (κ2) is 8.37. The summed E-state index contributed by atoms with van der Waals surface area (Å²) in [6, 6.07) is 3.83. The van der Waals surface area contributed by atoms with Gasteiger partial charge in [-0.05, 0) is 37.0 Å². The summed E-state index contributed by atoms with van der Waals surface area (Å²) in [4.78, 5) is 40.3. The summed E-state index contributed by atoms with van der Waals surface area (Å²) in [6.45, 7) is 1.12. The van der Waals surface area contributed by atoms with Gasteiger partial charge in [0.05, 0.1) is 11.8 Å². The second-order valence-corrected chi connectivity index (χ2v) is 10.3. The molecule has 2 saturated heterocycles. The molecule has 0 saturated carbocycles. The molecule has 1 aromatic rings. The standard InChI is InChI=1S/C20H25N3O7S/c1-31(27,28)10-6-14-19(25)23(20(26)21-14)12-18(24)22-7-2-3-15(22)13-4-5-16-17(11-13)30-9-8-29-16/h4-5,11,14-15H,2-3,6-10,12H2,1H3,(H,21,26). The Labute approximate surface area is 180 Å². The monoisotopic (exact) mass is 451 g/mol. The van der Waals surface area contributed by atoms with E-state index in [1.54, 1.807) is 4.90 Å². The van der Waals surface area contributed by atoms with Gasteiger partial charge in [-0.25, -0.2) is 13.2 Å². The van der Waals surface area contributed by atoms with Gasteiger partial charge in [-0.2, -0.15) is 0 Å². The van der Waals surface area contributed by atoms with Crippen LogP contribution in [0.4, 0.5) is 4.79 Å². The number of imide groups is 1. The summed E-state index contributed by atoms with van der Waals surface area (Å²) in [5.41, 5.74) is 0.915. The van der Waals surface area contributed by atoms with Crippen LogP contribution in [-0.4, -0.2) is 80.4 Å². The number of rotatable bonds is 6. The molecule has 1 aromatic carbocycles. The van der Waals surface area contributed by atoms with Crippen molar-refractivity contribution in [2.75, 3.05) is 38.3 Å². The largest absolute Gasteiger partial charge is 0.486 e. The van der Waals surface area contributed by atoms with E-state index in [4.69, 9.17) is 9.47 Å². The smallest absolute Gasteiger partial charge is 0.325 e. The quantitative estimate of drug-likeness (QED) is 0.624. The lowest BCUT2D eigenvalue weighted by atomic mass is 10.0. The van der Waals surface area contributed by atoms with Crippen LogP contribution in [0.2, 0.25) is 0 Å². The number of urea groups is 1. The molecule has 168 valence electrons. The zero-order chi connectivity index (χ0) is 22.2. The first kappa shape index (κ1) is 21.4. The van der Waals surface area contributed by atoms with Crippen LogP contribution in [0.1, 0.15) is 30.9 Å². The Balaban J connectivity index is 1.43. The number of hydrogen-bond acceptors (Lipinski definition) is 7. The predicted molar refractivity (Wildman–Crippen MR) is 109 cm³/mol. The van der Waals surface area contributed by atoms with Crippen molar-refractivity contribution >= 4 is 27.7 Å². The lowest BCUT2D eigenvalue weighted by molar-refractivity contribution is -0.138. The first-order valence-electron chi connectivity index (χ1n) is 10.2. The van der Waals surface area contributed by atoms with Crippen LogP contribution in [0, 0.1) is 0 Å². The highest BCUT2D eigenvalue weighted by molar-refractivity contribution is 7.90. The number of fused-ring (bicyclic) bond motifs is 1. The molecule has 11 heteroatoms. The Kier molecular flexibility index (Phi) is 5.78. The third-order valence-electron chi connectivity index (χ3n) is 5.70. The van der Waals surface area contributed by atoms with Gasteiger partial charge in [0.25, 0.3) is 5.91 Å². The summed E-state index contributed by atoms with van der Waals surface area (Å²) in [6.07, 6.45) is 2.63. The molecule has 2 fully saturated rings. The molecule has 2 atom stereocenters. The van der Waals surface area contributed by atoms with Crippen molar-refractivity contribution in [2.45, 2.75) is 31.3 Å². The molecule has 1 N–H and O–H groups in total. The van der Waals surface area contributed by atoms with Gasteiger partial charge >= 0.3 is 6.03 Å². The number of likely N-dealkylation sites (tertiary alicyclic amines) is 1. The van der Waals surface area contributed by atoms with Gasteiger partial charge in [-0.3, -0.25) is 14.5 Å². The Hall–Kier alpha value is -2.82. The van der Waals surface area contributed by atoms with E-state index in [1.165, 1.54) is 0 Å². The van der Waals surface area contributed by atoms with Gasteiger partial charge in [0, 0.05) is 12.8 Å². The number of carbonyl (C=O) groups is 3. The molecule has 3 heterocycles. The van der Waals surface area contributed by atoms with Crippen LogP contribution in [0.5, 0.6) is 11.5 Å². The molecule has 3 aliphatic heterocycles. The van der Waals surface area contributed by atoms with Crippen molar-refractivity contribution in [1.82, 2.24) is 15.1 Å². The molecule has 0 aromatic heterocycles. The number of sulfone groups is 1. The zero-order valence-corrected chi connectivity index (χ0v) is 18.0. The van der Waals surface area contributed by atoms with Crippen molar-refractivity contribution in [1.29, 1.82) is 0 Å². The van der Waals surface area contributed by atoms with Gasteiger partial charge in [0.2, 0.25) is 5.91 Å². The minimum Gasteiger partial charge on any atom is -0.486 e. The van der Waals surface area contributed by atoms with Crippen LogP contribution in [0.3, 0.4) is 0 Å². The topological polar surface area (TPSA) is 122 Å². The lowest BCUT2D eigenvalue weighted by Gasteiger charge is -2.28. The van der Waals surface area contributed by atoms with Crippen LogP contribution < -0.4 is 14.8 Å². The number of ether oxygens (including phenoxy) is 2. The van der Waals surface area contributed by atoms with Gasteiger partial charge in [0.1, 0.15) is 35.6 Å². The Bertz CT molecular complexity index is 1010. The molecule has 31 heavy (non-hydrogen) atoms. The number of nitrogens with zero attached hydrogens (tertiary/aromatic N) is 2. The van der Waals surface area contributed by atoms with Crippen LogP contribution in [-0.2, 0) is 19.4 Å². The first-order chi connectivity index (χ1) is 14.7. The highest BCUT2D eigenvalue weighted by Gasteiger charge is 2.41. The molecular weight excluding hydrogens is 426 g/mol. The van der Waals surface area contributed by atoms with Crippen LogP contribution in [0.25, 0.3) is 0 Å². The number of carbonyl (C=O) groups excluding carboxylic acids is 3. The van der Waals surface area contributed by atoms with E-state index in [-0.39, 0.29) is 30.7 Å². The van der Waals surface area contributed by atoms with Crippen molar-refractivity contribution < 1.29 is 32.3 Å². The third kappa shape index (κ3) is 4.60. The third-order valence-corrected chi connectivity index (χ3v) is 6.68. The van der Waals surface area contributed by atoms with Crippen molar-refractivity contribution in [3.8, 4) is 11.5 Å². The van der Waals surface area contributed by atoms with E-state index in [0.29, 0.717) is 31.3 Å². The molecule has 3 aliphatic rings. The normalized spacial score (nSPS) is 23.3. The maximum Gasteiger partial charge on any atom is 0.325 e. The second-order valence-electron chi connectivity index (χ2n) is 7.99. The number of amides is 4. The van der Waals surface area contributed by atoms with Crippen LogP contribution in [0.15, 0.2) is 18.2 Å². The molecule has 0 spiro atoms. The van der Waals surface area contributed by atoms with Crippen molar-refractivity contribution in [2.24, 2.45) is 0 Å². The average molecular weight is 452 g/mol. The van der Waals surface area contributed by atoms with E-state index in [9.17, 15) is 22.8 Å². The van der Waals surface area contributed by atoms with E-state index < -0.39 is 27.8 Å². The highest BCUT2D eigenvalue weighted by atomic mass is 32.2. The Morgan fingerprint density at radius 3 is 2.68 bits per heavy atom. The fourth-order valence-corrected chi connectivity index (χ4v) is 4.82. The lowest BCUT2D eigenvalue weighted by Crippen LogP contribution is -2.43. The molecule has 4 rings (SSSR count). The number of hydrogen-bond donors (Lipinski definition) is 1. The number of benzene rings is 1. The fraction of sp³-hybridized carbons (Fsp3) is 0.550. The first-order valence-corrected chi connectivity index (χ1v) is 12.3. The summed E-state index contributed by atoms with van der Waals surface area (Å²) in [5.74, 6) is 0.196. The van der Waals surface area contributed by atoms with Gasteiger partial charge in [0.15, 0.2) is 11.5 Å². The molecule has 10 nitrogen and oxygen atoms in total. The zero-order valence-electron chi connectivity index (χ0n) is 17.2. The van der Waals surface area contributed by atoms with E-state index in [2.05, 4.69) is 5.32 Å².